The van der Waals surface area contributed by atoms with Gasteiger partial charge in [-0.05, 0) is 6.42 Å². The fourth-order valence-electron chi connectivity index (χ4n) is 1.16. The van der Waals surface area contributed by atoms with Gasteiger partial charge in [0.15, 0.2) is 0 Å². The van der Waals surface area contributed by atoms with Crippen LogP contribution >= 0.6 is 0 Å². The summed E-state index contributed by atoms with van der Waals surface area (Å²) >= 11 is 0. The van der Waals surface area contributed by atoms with Crippen LogP contribution < -0.4 is 0 Å². The Kier molecular flexibility index (Phi) is 7.37. The summed E-state index contributed by atoms with van der Waals surface area (Å²) < 4.78 is 34.7. The van der Waals surface area contributed by atoms with Crippen molar-refractivity contribution in [2.45, 2.75) is 58.0 Å². The highest BCUT2D eigenvalue weighted by molar-refractivity contribution is 5.04. The molecule has 0 rings (SSSR count). The molecule has 14 heavy (non-hydrogen) atoms. The number of alkyl halides is 3. The van der Waals surface area contributed by atoms with Gasteiger partial charge in [0.25, 0.3) is 0 Å². The third-order valence-electron chi connectivity index (χ3n) is 1.89. The van der Waals surface area contributed by atoms with Crippen molar-refractivity contribution in [1.82, 2.24) is 0 Å². The Bertz CT molecular complexity index is 183. The standard InChI is InChI=1S/C11H17F3/c1-2-3-4-5-6-7-8-9-10-11(12,13)14/h2-8H2,1H3. The minimum Gasteiger partial charge on any atom is -0.159 e. The van der Waals surface area contributed by atoms with E-state index in [9.17, 15) is 13.2 Å². The number of hydrogen-bond acceptors (Lipinski definition) is 0. The van der Waals surface area contributed by atoms with Crippen molar-refractivity contribution in [1.29, 1.82) is 0 Å². The maximum absolute atomic E-state index is 11.6. The molecule has 0 nitrogen and oxygen atoms in total. The molecule has 0 heterocycles. The van der Waals surface area contributed by atoms with Crippen LogP contribution in [-0.2, 0) is 0 Å². The van der Waals surface area contributed by atoms with E-state index >= 15 is 0 Å². The molecule has 82 valence electrons. The van der Waals surface area contributed by atoms with Gasteiger partial charge in [-0.15, -0.1) is 0 Å². The van der Waals surface area contributed by atoms with E-state index in [1.165, 1.54) is 25.2 Å². The first-order valence-corrected chi connectivity index (χ1v) is 5.13. The quantitative estimate of drug-likeness (QED) is 0.449. The summed E-state index contributed by atoms with van der Waals surface area (Å²) in [5.74, 6) is 3.42. The molecule has 0 radical (unpaired) electrons. The van der Waals surface area contributed by atoms with Crippen molar-refractivity contribution in [2.75, 3.05) is 0 Å². The lowest BCUT2D eigenvalue weighted by molar-refractivity contribution is -0.0697. The van der Waals surface area contributed by atoms with Crippen LogP contribution in [0.5, 0.6) is 0 Å². The molecular weight excluding hydrogens is 189 g/mol. The summed E-state index contributed by atoms with van der Waals surface area (Å²) in [7, 11) is 0. The molecule has 0 aromatic rings. The van der Waals surface area contributed by atoms with Crippen LogP contribution in [0, 0.1) is 11.8 Å². The molecule has 0 aliphatic carbocycles. The van der Waals surface area contributed by atoms with E-state index in [4.69, 9.17) is 0 Å². The molecule has 0 atom stereocenters. The maximum atomic E-state index is 11.6. The highest BCUT2D eigenvalue weighted by Crippen LogP contribution is 2.12. The normalized spacial score (nSPS) is 10.9. The monoisotopic (exact) mass is 206 g/mol. The molecule has 0 unspecified atom stereocenters. The van der Waals surface area contributed by atoms with E-state index in [1.807, 2.05) is 0 Å². The van der Waals surface area contributed by atoms with E-state index in [2.05, 4.69) is 12.8 Å². The van der Waals surface area contributed by atoms with E-state index in [0.717, 1.165) is 19.3 Å². The molecule has 0 N–H and O–H groups in total. The molecule has 0 saturated heterocycles. The number of rotatable bonds is 6. The largest absolute Gasteiger partial charge is 0.457 e. The summed E-state index contributed by atoms with van der Waals surface area (Å²) in [5, 5.41) is 0. The second-order valence-corrected chi connectivity index (χ2v) is 3.32. The van der Waals surface area contributed by atoms with Crippen molar-refractivity contribution in [2.24, 2.45) is 0 Å². The second-order valence-electron chi connectivity index (χ2n) is 3.32. The zero-order valence-corrected chi connectivity index (χ0v) is 8.58. The first-order valence-electron chi connectivity index (χ1n) is 5.13. The lowest BCUT2D eigenvalue weighted by atomic mass is 10.1. The molecule has 3 heteroatoms. The Balaban J connectivity index is 3.24. The lowest BCUT2D eigenvalue weighted by Gasteiger charge is -1.96. The third-order valence-corrected chi connectivity index (χ3v) is 1.89. The predicted molar refractivity (Wildman–Crippen MR) is 51.8 cm³/mol. The van der Waals surface area contributed by atoms with E-state index in [1.54, 1.807) is 0 Å². The van der Waals surface area contributed by atoms with Gasteiger partial charge in [-0.1, -0.05) is 44.9 Å². The molecule has 0 spiro atoms. The zero-order chi connectivity index (χ0) is 10.9. The van der Waals surface area contributed by atoms with Gasteiger partial charge < -0.3 is 0 Å². The van der Waals surface area contributed by atoms with Crippen molar-refractivity contribution in [3.8, 4) is 11.8 Å². The van der Waals surface area contributed by atoms with Crippen LogP contribution in [0.15, 0.2) is 0 Å². The van der Waals surface area contributed by atoms with Gasteiger partial charge in [0, 0.05) is 12.3 Å². The van der Waals surface area contributed by atoms with Crippen LogP contribution in [0.2, 0.25) is 0 Å². The average Bonchev–Trinajstić information content (AvgIpc) is 2.08. The zero-order valence-electron chi connectivity index (χ0n) is 8.58. The number of unbranched alkanes of at least 4 members (excludes halogenated alkanes) is 6. The highest BCUT2D eigenvalue weighted by Gasteiger charge is 2.22. The average molecular weight is 206 g/mol. The molecule has 0 amide bonds. The van der Waals surface area contributed by atoms with Gasteiger partial charge in [0.2, 0.25) is 0 Å². The lowest BCUT2D eigenvalue weighted by Crippen LogP contribution is -2.01. The van der Waals surface area contributed by atoms with Crippen LogP contribution in [0.1, 0.15) is 51.9 Å². The molecule has 0 bridgehead atoms. The Morgan fingerprint density at radius 3 is 2.07 bits per heavy atom. The van der Waals surface area contributed by atoms with Gasteiger partial charge in [-0.25, -0.2) is 0 Å². The smallest absolute Gasteiger partial charge is 0.159 e. The summed E-state index contributed by atoms with van der Waals surface area (Å²) in [4.78, 5) is 0. The maximum Gasteiger partial charge on any atom is 0.457 e. The van der Waals surface area contributed by atoms with E-state index in [-0.39, 0.29) is 0 Å². The van der Waals surface area contributed by atoms with Crippen molar-refractivity contribution < 1.29 is 13.2 Å². The summed E-state index contributed by atoms with van der Waals surface area (Å²) in [6, 6.07) is 0. The van der Waals surface area contributed by atoms with Gasteiger partial charge in [0.1, 0.15) is 0 Å². The fraction of sp³-hybridized carbons (Fsp3) is 0.818. The van der Waals surface area contributed by atoms with Gasteiger partial charge in [-0.2, -0.15) is 13.2 Å². The molecule has 0 aliphatic rings. The number of halogens is 3. The predicted octanol–water partition coefficient (Wildman–Crippen LogP) is 4.30. The molecule has 0 aromatic heterocycles. The molecule has 0 aromatic carbocycles. The third kappa shape index (κ3) is 11.4. The fourth-order valence-corrected chi connectivity index (χ4v) is 1.16. The Morgan fingerprint density at radius 2 is 1.50 bits per heavy atom. The van der Waals surface area contributed by atoms with Crippen LogP contribution in [0.3, 0.4) is 0 Å². The van der Waals surface area contributed by atoms with Crippen molar-refractivity contribution in [3.63, 3.8) is 0 Å². The Labute approximate surface area is 83.9 Å². The Morgan fingerprint density at radius 1 is 0.929 bits per heavy atom. The molecular formula is C11H17F3. The topological polar surface area (TPSA) is 0 Å². The molecule has 0 fully saturated rings. The van der Waals surface area contributed by atoms with Crippen molar-refractivity contribution >= 4 is 0 Å². The molecule has 0 aliphatic heterocycles. The van der Waals surface area contributed by atoms with Crippen LogP contribution in [-0.4, -0.2) is 6.18 Å². The SMILES string of the molecule is CCCCCCCCC#CC(F)(F)F. The van der Waals surface area contributed by atoms with Gasteiger partial charge >= 0.3 is 6.18 Å². The molecule has 0 saturated carbocycles. The summed E-state index contributed by atoms with van der Waals surface area (Å²) in [5.41, 5.74) is 0. The van der Waals surface area contributed by atoms with Gasteiger partial charge in [0.05, 0.1) is 0 Å². The minimum absolute atomic E-state index is 0.367. The first-order chi connectivity index (χ1) is 6.56. The van der Waals surface area contributed by atoms with Crippen molar-refractivity contribution in [3.05, 3.63) is 0 Å². The summed E-state index contributed by atoms with van der Waals surface area (Å²) in [6.45, 7) is 2.13. The number of hydrogen-bond donors (Lipinski definition) is 0. The second kappa shape index (κ2) is 7.73. The van der Waals surface area contributed by atoms with E-state index in [0.29, 0.717) is 6.42 Å². The minimum atomic E-state index is -4.32. The van der Waals surface area contributed by atoms with Crippen LogP contribution in [0.4, 0.5) is 13.2 Å². The van der Waals surface area contributed by atoms with Gasteiger partial charge in [-0.3, -0.25) is 0 Å². The van der Waals surface area contributed by atoms with Crippen LogP contribution in [0.25, 0.3) is 0 Å². The van der Waals surface area contributed by atoms with E-state index < -0.39 is 6.18 Å². The first kappa shape index (κ1) is 13.4. The highest BCUT2D eigenvalue weighted by atomic mass is 19.4. The Hall–Kier alpha value is -0.650. The summed E-state index contributed by atoms with van der Waals surface area (Å²) in [6.07, 6.45) is 2.53.